The summed E-state index contributed by atoms with van der Waals surface area (Å²) in [6.07, 6.45) is 0. The summed E-state index contributed by atoms with van der Waals surface area (Å²) in [5.41, 5.74) is 0. The predicted molar refractivity (Wildman–Crippen MR) is 23.7 cm³/mol. The molecule has 0 aliphatic carbocycles. The van der Waals surface area contributed by atoms with Gasteiger partial charge >= 0.3 is 0 Å². The van der Waals surface area contributed by atoms with E-state index in [2.05, 4.69) is 24.6 Å². The van der Waals surface area contributed by atoms with E-state index in [1.165, 1.54) is 0 Å². The van der Waals surface area contributed by atoms with Gasteiger partial charge in [-0.05, 0) is 5.92 Å². The molecule has 0 bridgehead atoms. The van der Waals surface area contributed by atoms with Crippen molar-refractivity contribution in [3.63, 3.8) is 0 Å². The lowest BCUT2D eigenvalue weighted by atomic mass is 10.2. The lowest BCUT2D eigenvalue weighted by molar-refractivity contribution is -0.691. The van der Waals surface area contributed by atoms with Gasteiger partial charge in [-0.25, -0.2) is 10.7 Å². The molecule has 0 aromatic rings. The molecule has 0 saturated heterocycles. The van der Waals surface area contributed by atoms with Gasteiger partial charge < -0.3 is 12.4 Å². The quantitative estimate of drug-likeness (QED) is 0.389. The van der Waals surface area contributed by atoms with E-state index in [4.69, 9.17) is 0 Å². The van der Waals surface area contributed by atoms with E-state index >= 15 is 0 Å². The lowest BCUT2D eigenvalue weighted by Gasteiger charge is -1.94. The van der Waals surface area contributed by atoms with Crippen LogP contribution in [-0.4, -0.2) is 6.61 Å². The van der Waals surface area contributed by atoms with Crippen LogP contribution in [0, 0.1) is 5.92 Å². The van der Waals surface area contributed by atoms with Crippen molar-refractivity contribution in [3.8, 4) is 0 Å². The molecule has 0 aliphatic heterocycles. The Hall–Kier alpha value is 0.210. The van der Waals surface area contributed by atoms with E-state index in [1.807, 2.05) is 0 Å². The van der Waals surface area contributed by atoms with Crippen LogP contribution >= 0.6 is 0 Å². The van der Waals surface area contributed by atoms with Gasteiger partial charge in [-0.1, -0.05) is 13.8 Å². The van der Waals surface area contributed by atoms with E-state index in [1.54, 1.807) is 0 Å². The molecule has 0 aromatic carbocycles. The van der Waals surface area contributed by atoms with E-state index in [-0.39, 0.29) is 12.4 Å². The van der Waals surface area contributed by atoms with E-state index < -0.39 is 0 Å². The highest BCUT2D eigenvalue weighted by atomic mass is 35.5. The predicted octanol–water partition coefficient (Wildman–Crippen LogP) is -3.18. The van der Waals surface area contributed by atoms with Crippen LogP contribution in [0.4, 0.5) is 0 Å². The number of rotatable bonds is 2. The van der Waals surface area contributed by atoms with Crippen molar-refractivity contribution in [2.24, 2.45) is 5.92 Å². The van der Waals surface area contributed by atoms with Crippen molar-refractivity contribution in [2.75, 3.05) is 6.61 Å². The standard InChI is InChI=1S/C4H12NO.ClH/c1-4(2)3-6-5;/h4H,3H2,1-2,5H3;1H/q+1;/p-1. The first-order valence-electron chi connectivity index (χ1n) is 2.14. The fraction of sp³-hybridized carbons (Fsp3) is 1.00. The molecule has 0 amide bonds. The van der Waals surface area contributed by atoms with Gasteiger partial charge in [0.25, 0.3) is 0 Å². The molecule has 0 fully saturated rings. The Labute approximate surface area is 50.4 Å². The molecule has 0 saturated carbocycles. The molecular formula is C4H12ClNO. The Morgan fingerprint density at radius 1 is 1.57 bits per heavy atom. The third-order valence-corrected chi connectivity index (χ3v) is 0.451. The summed E-state index contributed by atoms with van der Waals surface area (Å²) in [5.74, 6) is 3.84. The smallest absolute Gasteiger partial charge is 0.108 e. The average molecular weight is 126 g/mol. The summed E-state index contributed by atoms with van der Waals surface area (Å²) >= 11 is 0. The zero-order chi connectivity index (χ0) is 4.99. The topological polar surface area (TPSA) is 36.9 Å². The van der Waals surface area contributed by atoms with Crippen molar-refractivity contribution in [3.05, 3.63) is 0 Å². The Kier molecular flexibility index (Phi) is 9.09. The molecule has 2 nitrogen and oxygen atoms in total. The molecule has 7 heavy (non-hydrogen) atoms. The zero-order valence-corrected chi connectivity index (χ0v) is 5.53. The van der Waals surface area contributed by atoms with Gasteiger partial charge in [-0.2, -0.15) is 0 Å². The second-order valence-corrected chi connectivity index (χ2v) is 1.76. The molecule has 0 spiro atoms. The Morgan fingerprint density at radius 2 is 2.00 bits per heavy atom. The van der Waals surface area contributed by atoms with Crippen LogP contribution in [0.1, 0.15) is 13.8 Å². The number of hydrogen-bond acceptors (Lipinski definition) is 1. The molecule has 0 aliphatic rings. The number of hydrogen-bond donors (Lipinski definition) is 1. The maximum atomic E-state index is 4.55. The highest BCUT2D eigenvalue weighted by Gasteiger charge is 1.88. The summed E-state index contributed by atoms with van der Waals surface area (Å²) in [4.78, 5) is 4.55. The summed E-state index contributed by atoms with van der Waals surface area (Å²) in [6.45, 7) is 4.94. The average Bonchev–Trinajstić information content (AvgIpc) is 1.35. The van der Waals surface area contributed by atoms with Crippen LogP contribution < -0.4 is 18.3 Å². The van der Waals surface area contributed by atoms with E-state index in [0.717, 1.165) is 6.61 Å². The fourth-order valence-corrected chi connectivity index (χ4v) is 0.236. The zero-order valence-electron chi connectivity index (χ0n) is 4.78. The SMILES string of the molecule is CC(C)CO[NH3+].[Cl-]. The summed E-state index contributed by atoms with van der Waals surface area (Å²) in [5, 5.41) is 0. The van der Waals surface area contributed by atoms with Gasteiger partial charge in [0.2, 0.25) is 0 Å². The van der Waals surface area contributed by atoms with Gasteiger partial charge in [-0.3, -0.25) is 0 Å². The van der Waals surface area contributed by atoms with Crippen LogP contribution in [0.2, 0.25) is 0 Å². The molecule has 0 heterocycles. The first kappa shape index (κ1) is 10.2. The molecule has 0 unspecified atom stereocenters. The Bertz CT molecular complexity index is 32.9. The fourth-order valence-electron chi connectivity index (χ4n) is 0.236. The molecule has 0 rings (SSSR count). The minimum atomic E-state index is 0. The molecular weight excluding hydrogens is 114 g/mol. The second kappa shape index (κ2) is 6.21. The largest absolute Gasteiger partial charge is 1.00 e. The normalized spacial score (nSPS) is 8.57. The summed E-state index contributed by atoms with van der Waals surface area (Å²) in [6, 6.07) is 0. The van der Waals surface area contributed by atoms with Crippen molar-refractivity contribution in [2.45, 2.75) is 13.8 Å². The minimum absolute atomic E-state index is 0. The molecule has 0 atom stereocenters. The van der Waals surface area contributed by atoms with Crippen molar-refractivity contribution >= 4 is 0 Å². The Morgan fingerprint density at radius 3 is 2.00 bits per heavy atom. The van der Waals surface area contributed by atoms with Crippen LogP contribution in [0.25, 0.3) is 0 Å². The van der Waals surface area contributed by atoms with Crippen molar-refractivity contribution < 1.29 is 23.1 Å². The Balaban J connectivity index is 0. The van der Waals surface area contributed by atoms with Gasteiger partial charge in [0, 0.05) is 0 Å². The highest BCUT2D eigenvalue weighted by Crippen LogP contribution is 1.86. The summed E-state index contributed by atoms with van der Waals surface area (Å²) < 4.78 is 0. The first-order chi connectivity index (χ1) is 2.77. The van der Waals surface area contributed by atoms with Gasteiger partial charge in [0.15, 0.2) is 0 Å². The number of halogens is 1. The molecule has 46 valence electrons. The molecule has 3 heteroatoms. The van der Waals surface area contributed by atoms with Gasteiger partial charge in [0.1, 0.15) is 6.61 Å². The highest BCUT2D eigenvalue weighted by molar-refractivity contribution is 4.33. The first-order valence-corrected chi connectivity index (χ1v) is 2.14. The summed E-state index contributed by atoms with van der Waals surface area (Å²) in [7, 11) is 0. The van der Waals surface area contributed by atoms with Crippen molar-refractivity contribution in [1.29, 1.82) is 0 Å². The van der Waals surface area contributed by atoms with Gasteiger partial charge in [-0.15, -0.1) is 0 Å². The maximum absolute atomic E-state index is 4.55. The lowest BCUT2D eigenvalue weighted by Crippen LogP contribution is -3.00. The second-order valence-electron chi connectivity index (χ2n) is 1.76. The van der Waals surface area contributed by atoms with Gasteiger partial charge in [0.05, 0.1) is 0 Å². The van der Waals surface area contributed by atoms with Crippen molar-refractivity contribution in [1.82, 2.24) is 0 Å². The monoisotopic (exact) mass is 125 g/mol. The van der Waals surface area contributed by atoms with E-state index in [9.17, 15) is 0 Å². The number of quaternary nitrogens is 1. The van der Waals surface area contributed by atoms with Crippen LogP contribution in [-0.2, 0) is 4.84 Å². The third-order valence-electron chi connectivity index (χ3n) is 0.451. The molecule has 0 aromatic heterocycles. The van der Waals surface area contributed by atoms with Crippen LogP contribution in [0.15, 0.2) is 0 Å². The van der Waals surface area contributed by atoms with Crippen LogP contribution in [0.5, 0.6) is 0 Å². The van der Waals surface area contributed by atoms with Crippen LogP contribution in [0.3, 0.4) is 0 Å². The third kappa shape index (κ3) is 10.7. The molecule has 0 radical (unpaired) electrons. The molecule has 3 N–H and O–H groups in total. The van der Waals surface area contributed by atoms with E-state index in [0.29, 0.717) is 5.92 Å². The minimum Gasteiger partial charge on any atom is -1.00 e. The maximum Gasteiger partial charge on any atom is 0.108 e.